The summed E-state index contributed by atoms with van der Waals surface area (Å²) in [5.74, 6) is 1.81. The van der Waals surface area contributed by atoms with E-state index in [4.69, 9.17) is 0 Å². The zero-order valence-electron chi connectivity index (χ0n) is 16.6. The second-order valence-electron chi connectivity index (χ2n) is 7.01. The van der Waals surface area contributed by atoms with Crippen LogP contribution < -0.4 is 5.32 Å². The Morgan fingerprint density at radius 2 is 1.58 bits per heavy atom. The number of rotatable bonds is 6. The molecule has 2 aromatic heterocycles. The summed E-state index contributed by atoms with van der Waals surface area (Å²) in [6.45, 7) is 0. The minimum Gasteiger partial charge on any atom is -0.339 e. The summed E-state index contributed by atoms with van der Waals surface area (Å²) in [7, 11) is -1.09. The summed E-state index contributed by atoms with van der Waals surface area (Å²) in [6.07, 6.45) is 0. The molecule has 1 atom stereocenters. The topological polar surface area (TPSA) is 72.2 Å². The highest BCUT2D eigenvalue weighted by Gasteiger charge is 2.10. The molecule has 152 valence electrons. The lowest BCUT2D eigenvalue weighted by atomic mass is 10.2. The van der Waals surface area contributed by atoms with Crippen molar-refractivity contribution in [2.45, 2.75) is 10.6 Å². The fraction of sp³-hybridized carbons (Fsp3) is 0.0417. The Hall–Kier alpha value is -3.84. The number of benzene rings is 3. The van der Waals surface area contributed by atoms with E-state index < -0.39 is 10.8 Å². The van der Waals surface area contributed by atoms with E-state index in [-0.39, 0.29) is 0 Å². The van der Waals surface area contributed by atoms with Crippen LogP contribution >= 0.6 is 0 Å². The second-order valence-corrected chi connectivity index (χ2v) is 8.46. The van der Waals surface area contributed by atoms with E-state index in [1.54, 1.807) is 4.52 Å². The lowest BCUT2D eigenvalue weighted by Gasteiger charge is -2.09. The van der Waals surface area contributed by atoms with E-state index in [0.717, 1.165) is 21.7 Å². The van der Waals surface area contributed by atoms with Gasteiger partial charge in [0.1, 0.15) is 0 Å². The number of nitrogens with zero attached hydrogens (tertiary/aromatic N) is 4. The van der Waals surface area contributed by atoms with Gasteiger partial charge in [-0.3, -0.25) is 4.21 Å². The molecule has 1 unspecified atom stereocenters. The van der Waals surface area contributed by atoms with Crippen LogP contribution in [0.4, 0.5) is 11.5 Å². The van der Waals surface area contributed by atoms with Gasteiger partial charge in [-0.1, -0.05) is 60.7 Å². The average Bonchev–Trinajstić information content (AvgIpc) is 3.24. The Labute approximate surface area is 182 Å². The van der Waals surface area contributed by atoms with Crippen LogP contribution in [0.3, 0.4) is 0 Å². The van der Waals surface area contributed by atoms with Gasteiger partial charge < -0.3 is 5.32 Å². The maximum Gasteiger partial charge on any atom is 0.185 e. The molecule has 7 heteroatoms. The largest absolute Gasteiger partial charge is 0.339 e. The third-order valence-corrected chi connectivity index (χ3v) is 6.19. The van der Waals surface area contributed by atoms with Gasteiger partial charge in [0.2, 0.25) is 0 Å². The van der Waals surface area contributed by atoms with Crippen molar-refractivity contribution in [2.75, 3.05) is 5.32 Å². The van der Waals surface area contributed by atoms with Crippen molar-refractivity contribution in [3.05, 3.63) is 103 Å². The van der Waals surface area contributed by atoms with Crippen molar-refractivity contribution < 1.29 is 4.21 Å². The minimum absolute atomic E-state index is 0.454. The molecule has 3 aromatic carbocycles. The predicted molar refractivity (Wildman–Crippen MR) is 122 cm³/mol. The van der Waals surface area contributed by atoms with Crippen LogP contribution in [0.5, 0.6) is 0 Å². The zero-order chi connectivity index (χ0) is 21.0. The molecule has 6 nitrogen and oxygen atoms in total. The summed E-state index contributed by atoms with van der Waals surface area (Å²) in [4.78, 5) is 0.828. The van der Waals surface area contributed by atoms with Gasteiger partial charge in [0.15, 0.2) is 17.3 Å². The predicted octanol–water partition coefficient (Wildman–Crippen LogP) is 4.84. The first kappa shape index (κ1) is 19.1. The zero-order valence-corrected chi connectivity index (χ0v) is 17.4. The van der Waals surface area contributed by atoms with Gasteiger partial charge in [-0.15, -0.1) is 15.3 Å². The molecule has 5 aromatic rings. The monoisotopic (exact) mass is 425 g/mol. The van der Waals surface area contributed by atoms with Crippen LogP contribution in [0.1, 0.15) is 5.56 Å². The summed E-state index contributed by atoms with van der Waals surface area (Å²) < 4.78 is 14.4. The minimum atomic E-state index is -1.09. The molecule has 5 rings (SSSR count). The molecule has 0 fully saturated rings. The Morgan fingerprint density at radius 1 is 0.806 bits per heavy atom. The smallest absolute Gasteiger partial charge is 0.185 e. The molecule has 0 spiro atoms. The normalized spacial score (nSPS) is 12.0. The summed E-state index contributed by atoms with van der Waals surface area (Å²) in [6, 6.07) is 31.0. The summed E-state index contributed by atoms with van der Waals surface area (Å²) in [5, 5.41) is 16.5. The quantitative estimate of drug-likeness (QED) is 0.421. The second kappa shape index (κ2) is 8.49. The van der Waals surface area contributed by atoms with Gasteiger partial charge in [0.25, 0.3) is 0 Å². The Kier molecular flexibility index (Phi) is 5.24. The van der Waals surface area contributed by atoms with Crippen LogP contribution in [0, 0.1) is 0 Å². The molecule has 0 saturated carbocycles. The van der Waals surface area contributed by atoms with E-state index >= 15 is 0 Å². The number of anilines is 2. The number of hydrogen-bond acceptors (Lipinski definition) is 5. The lowest BCUT2D eigenvalue weighted by Crippen LogP contribution is -2.01. The van der Waals surface area contributed by atoms with Gasteiger partial charge >= 0.3 is 0 Å². The molecule has 0 aliphatic carbocycles. The van der Waals surface area contributed by atoms with Crippen molar-refractivity contribution >= 4 is 28.0 Å². The molecule has 1 N–H and O–H groups in total. The first-order valence-corrected chi connectivity index (χ1v) is 11.2. The highest BCUT2D eigenvalue weighted by Crippen LogP contribution is 2.21. The van der Waals surface area contributed by atoms with Crippen LogP contribution in [0.25, 0.3) is 17.0 Å². The summed E-state index contributed by atoms with van der Waals surface area (Å²) in [5.41, 5.74) is 3.49. The Bertz CT molecular complexity index is 1350. The third kappa shape index (κ3) is 4.22. The Balaban J connectivity index is 1.39. The van der Waals surface area contributed by atoms with Gasteiger partial charge in [-0.25, -0.2) is 0 Å². The van der Waals surface area contributed by atoms with E-state index in [2.05, 4.69) is 20.6 Å². The molecule has 2 heterocycles. The number of fused-ring (bicyclic) bond motifs is 1. The van der Waals surface area contributed by atoms with Crippen molar-refractivity contribution in [1.82, 2.24) is 19.8 Å². The standard InChI is InChI=1S/C24H19N5OS/c30-31(21-12-5-2-6-13-21)17-18-8-7-11-20(16-18)25-22-14-15-23-26-27-24(29(23)28-22)19-9-3-1-4-10-19/h1-16H,17H2,(H,25,28). The van der Waals surface area contributed by atoms with Crippen molar-refractivity contribution in [3.8, 4) is 11.4 Å². The van der Waals surface area contributed by atoms with E-state index in [0.29, 0.717) is 23.0 Å². The number of aromatic nitrogens is 4. The lowest BCUT2D eigenvalue weighted by molar-refractivity contribution is 0.682. The van der Waals surface area contributed by atoms with E-state index in [1.165, 1.54) is 0 Å². The van der Waals surface area contributed by atoms with Gasteiger partial charge in [-0.05, 0) is 42.0 Å². The fourth-order valence-corrected chi connectivity index (χ4v) is 4.43. The summed E-state index contributed by atoms with van der Waals surface area (Å²) >= 11 is 0. The van der Waals surface area contributed by atoms with Crippen LogP contribution in [0.15, 0.2) is 102 Å². The van der Waals surface area contributed by atoms with Crippen LogP contribution in [-0.2, 0) is 16.6 Å². The molecule has 0 amide bonds. The maximum atomic E-state index is 12.6. The molecular formula is C24H19N5OS. The molecular weight excluding hydrogens is 406 g/mol. The highest BCUT2D eigenvalue weighted by molar-refractivity contribution is 7.84. The molecule has 31 heavy (non-hydrogen) atoms. The molecule has 0 aliphatic heterocycles. The molecule has 0 saturated heterocycles. The third-order valence-electron chi connectivity index (χ3n) is 4.80. The Morgan fingerprint density at radius 3 is 2.39 bits per heavy atom. The molecule has 0 bridgehead atoms. The maximum absolute atomic E-state index is 12.6. The molecule has 0 aliphatic rings. The van der Waals surface area contributed by atoms with Crippen molar-refractivity contribution in [2.24, 2.45) is 0 Å². The van der Waals surface area contributed by atoms with Crippen molar-refractivity contribution in [1.29, 1.82) is 0 Å². The number of nitrogens with one attached hydrogen (secondary N) is 1. The highest BCUT2D eigenvalue weighted by atomic mass is 32.2. The van der Waals surface area contributed by atoms with E-state index in [9.17, 15) is 4.21 Å². The fourth-order valence-electron chi connectivity index (χ4n) is 3.32. The number of hydrogen-bond donors (Lipinski definition) is 1. The van der Waals surface area contributed by atoms with Gasteiger partial charge in [0.05, 0.1) is 16.6 Å². The first-order valence-electron chi connectivity index (χ1n) is 9.83. The first-order chi connectivity index (χ1) is 15.3. The molecule has 0 radical (unpaired) electrons. The average molecular weight is 426 g/mol. The van der Waals surface area contributed by atoms with Gasteiger partial charge in [-0.2, -0.15) is 4.52 Å². The SMILES string of the molecule is O=S(Cc1cccc(Nc2ccc3nnc(-c4ccccc4)n3n2)c1)c1ccccc1. The van der Waals surface area contributed by atoms with E-state index in [1.807, 2.05) is 97.1 Å². The van der Waals surface area contributed by atoms with Crippen LogP contribution in [-0.4, -0.2) is 24.0 Å². The van der Waals surface area contributed by atoms with Gasteiger partial charge in [0, 0.05) is 16.1 Å². The van der Waals surface area contributed by atoms with Crippen LogP contribution in [0.2, 0.25) is 0 Å². The van der Waals surface area contributed by atoms with Crippen molar-refractivity contribution in [3.63, 3.8) is 0 Å².